The zero-order chi connectivity index (χ0) is 14.0. The summed E-state index contributed by atoms with van der Waals surface area (Å²) >= 11 is 5.75. The van der Waals surface area contributed by atoms with Crippen LogP contribution in [-0.4, -0.2) is 26.4 Å². The molecule has 0 spiro atoms. The first-order chi connectivity index (χ1) is 8.87. The van der Waals surface area contributed by atoms with Gasteiger partial charge in [0.05, 0.1) is 13.0 Å². The Balaban J connectivity index is 2.28. The zero-order valence-electron chi connectivity index (χ0n) is 9.52. The van der Waals surface area contributed by atoms with Gasteiger partial charge in [-0.2, -0.15) is 13.2 Å². The van der Waals surface area contributed by atoms with Crippen LogP contribution >= 0.6 is 11.6 Å². The van der Waals surface area contributed by atoms with Crippen LogP contribution in [-0.2, 0) is 6.54 Å². The highest BCUT2D eigenvalue weighted by atomic mass is 35.5. The lowest BCUT2D eigenvalue weighted by Gasteiger charge is -2.09. The first kappa shape index (κ1) is 13.6. The summed E-state index contributed by atoms with van der Waals surface area (Å²) in [6, 6.07) is 4.61. The highest BCUT2D eigenvalue weighted by Crippen LogP contribution is 2.27. The molecule has 0 unspecified atom stereocenters. The fourth-order valence-corrected chi connectivity index (χ4v) is 1.70. The van der Waals surface area contributed by atoms with Crippen molar-refractivity contribution in [1.82, 2.24) is 20.2 Å². The van der Waals surface area contributed by atoms with Crippen molar-refractivity contribution in [2.45, 2.75) is 19.1 Å². The number of aromatic nitrogens is 4. The second-order valence-electron chi connectivity index (χ2n) is 3.82. The van der Waals surface area contributed by atoms with Crippen LogP contribution in [0, 0.1) is 0 Å². The number of nitrogens with zero attached hydrogens (tertiary/aromatic N) is 4. The molecule has 0 bridgehead atoms. The van der Waals surface area contributed by atoms with E-state index in [9.17, 15) is 13.2 Å². The number of rotatable bonds is 3. The monoisotopic (exact) mass is 291 g/mol. The average molecular weight is 292 g/mol. The molecule has 1 heterocycles. The molecule has 1 aromatic carbocycles. The van der Waals surface area contributed by atoms with Crippen LogP contribution in [0.5, 0.6) is 0 Å². The van der Waals surface area contributed by atoms with Gasteiger partial charge >= 0.3 is 6.18 Å². The lowest BCUT2D eigenvalue weighted by Crippen LogP contribution is -2.14. The Labute approximate surface area is 111 Å². The molecule has 2 aromatic rings. The van der Waals surface area contributed by atoms with Crippen molar-refractivity contribution in [3.05, 3.63) is 23.2 Å². The third-order valence-electron chi connectivity index (χ3n) is 2.39. The molecule has 0 aliphatic rings. The Bertz CT molecular complexity index is 581. The van der Waals surface area contributed by atoms with Crippen LogP contribution < -0.4 is 5.73 Å². The molecule has 19 heavy (non-hydrogen) atoms. The molecule has 102 valence electrons. The van der Waals surface area contributed by atoms with E-state index in [1.807, 2.05) is 0 Å². The number of tetrazole rings is 1. The van der Waals surface area contributed by atoms with Crippen molar-refractivity contribution in [3.8, 4) is 11.4 Å². The van der Waals surface area contributed by atoms with E-state index in [1.54, 1.807) is 12.1 Å². The third-order valence-corrected chi connectivity index (χ3v) is 2.63. The number of alkyl halides is 3. The van der Waals surface area contributed by atoms with Crippen molar-refractivity contribution < 1.29 is 13.2 Å². The van der Waals surface area contributed by atoms with E-state index >= 15 is 0 Å². The molecular formula is C10H9ClF3N5. The molecular weight excluding hydrogens is 283 g/mol. The molecule has 0 fully saturated rings. The third kappa shape index (κ3) is 3.34. The van der Waals surface area contributed by atoms with Crippen LogP contribution in [0.4, 0.5) is 18.9 Å². The van der Waals surface area contributed by atoms with Crippen LogP contribution in [0.3, 0.4) is 0 Å². The smallest absolute Gasteiger partial charge is 0.390 e. The summed E-state index contributed by atoms with van der Waals surface area (Å²) in [5, 5.41) is 11.0. The van der Waals surface area contributed by atoms with Gasteiger partial charge in [-0.3, -0.25) is 0 Å². The van der Waals surface area contributed by atoms with Crippen molar-refractivity contribution in [3.63, 3.8) is 0 Å². The summed E-state index contributed by atoms with van der Waals surface area (Å²) in [6.45, 7) is -0.367. The largest absolute Gasteiger partial charge is 0.398 e. The fraction of sp³-hybridized carbons (Fsp3) is 0.300. The summed E-state index contributed by atoms with van der Waals surface area (Å²) in [5.41, 5.74) is 6.49. The fourth-order valence-electron chi connectivity index (χ4n) is 1.52. The number of hydrogen-bond donors (Lipinski definition) is 1. The molecule has 0 aliphatic carbocycles. The SMILES string of the molecule is Nc1cc(Cl)ccc1-c1nnnn1CCC(F)(F)F. The van der Waals surface area contributed by atoms with Gasteiger partial charge in [0.25, 0.3) is 0 Å². The zero-order valence-corrected chi connectivity index (χ0v) is 10.3. The highest BCUT2D eigenvalue weighted by Gasteiger charge is 2.27. The molecule has 1 aromatic heterocycles. The van der Waals surface area contributed by atoms with Gasteiger partial charge in [-0.15, -0.1) is 5.10 Å². The standard InChI is InChI=1S/C10H9ClF3N5/c11-6-1-2-7(8(15)5-6)9-16-17-18-19(9)4-3-10(12,13)14/h1-2,5H,3-4,15H2. The Morgan fingerprint density at radius 2 is 2.05 bits per heavy atom. The molecule has 0 radical (unpaired) electrons. The Kier molecular flexibility index (Phi) is 3.61. The number of nitrogens with two attached hydrogens (primary N) is 1. The maximum absolute atomic E-state index is 12.2. The predicted molar refractivity (Wildman–Crippen MR) is 63.3 cm³/mol. The van der Waals surface area contributed by atoms with Gasteiger partial charge in [-0.05, 0) is 28.6 Å². The lowest BCUT2D eigenvalue weighted by molar-refractivity contribution is -0.137. The van der Waals surface area contributed by atoms with Gasteiger partial charge in [-0.1, -0.05) is 11.6 Å². The second-order valence-corrected chi connectivity index (χ2v) is 4.26. The molecule has 2 N–H and O–H groups in total. The Hall–Kier alpha value is -1.83. The highest BCUT2D eigenvalue weighted by molar-refractivity contribution is 6.31. The van der Waals surface area contributed by atoms with E-state index in [-0.39, 0.29) is 12.4 Å². The van der Waals surface area contributed by atoms with Crippen LogP contribution in [0.1, 0.15) is 6.42 Å². The number of aryl methyl sites for hydroxylation is 1. The number of hydrogen-bond acceptors (Lipinski definition) is 4. The maximum atomic E-state index is 12.2. The van der Waals surface area contributed by atoms with Crippen LogP contribution in [0.15, 0.2) is 18.2 Å². The number of nitrogen functional groups attached to an aromatic ring is 1. The first-order valence-electron chi connectivity index (χ1n) is 5.25. The summed E-state index contributed by atoms with van der Waals surface area (Å²) in [4.78, 5) is 0. The Morgan fingerprint density at radius 3 is 2.68 bits per heavy atom. The van der Waals surface area contributed by atoms with Crippen molar-refractivity contribution >= 4 is 17.3 Å². The van der Waals surface area contributed by atoms with Gasteiger partial charge in [0.2, 0.25) is 0 Å². The van der Waals surface area contributed by atoms with Gasteiger partial charge in [-0.25, -0.2) is 4.68 Å². The van der Waals surface area contributed by atoms with E-state index in [0.29, 0.717) is 16.3 Å². The van der Waals surface area contributed by atoms with Crippen LogP contribution in [0.25, 0.3) is 11.4 Å². The predicted octanol–water partition coefficient (Wildman–Crippen LogP) is 2.53. The van der Waals surface area contributed by atoms with Gasteiger partial charge < -0.3 is 5.73 Å². The van der Waals surface area contributed by atoms with Crippen LogP contribution in [0.2, 0.25) is 5.02 Å². The normalized spacial score (nSPS) is 11.8. The molecule has 0 saturated carbocycles. The molecule has 0 aliphatic heterocycles. The number of anilines is 1. The molecule has 2 rings (SSSR count). The Morgan fingerprint density at radius 1 is 1.32 bits per heavy atom. The quantitative estimate of drug-likeness (QED) is 0.882. The summed E-state index contributed by atoms with van der Waals surface area (Å²) in [7, 11) is 0. The molecule has 0 atom stereocenters. The summed E-state index contributed by atoms with van der Waals surface area (Å²) in [5.74, 6) is 0.179. The minimum Gasteiger partial charge on any atom is -0.398 e. The van der Waals surface area contributed by atoms with Gasteiger partial charge in [0.15, 0.2) is 5.82 Å². The van der Waals surface area contributed by atoms with E-state index in [4.69, 9.17) is 17.3 Å². The minimum atomic E-state index is -4.27. The average Bonchev–Trinajstić information content (AvgIpc) is 2.73. The van der Waals surface area contributed by atoms with E-state index < -0.39 is 12.6 Å². The van der Waals surface area contributed by atoms with Crippen molar-refractivity contribution in [2.75, 3.05) is 5.73 Å². The summed E-state index contributed by atoms with van der Waals surface area (Å²) < 4.78 is 37.6. The van der Waals surface area contributed by atoms with Gasteiger partial charge in [0, 0.05) is 16.3 Å². The molecule has 0 saturated heterocycles. The number of halogens is 4. The lowest BCUT2D eigenvalue weighted by atomic mass is 10.1. The van der Waals surface area contributed by atoms with E-state index in [2.05, 4.69) is 15.5 Å². The topological polar surface area (TPSA) is 69.6 Å². The number of benzene rings is 1. The molecule has 0 amide bonds. The van der Waals surface area contributed by atoms with E-state index in [1.165, 1.54) is 6.07 Å². The molecule has 9 heteroatoms. The van der Waals surface area contributed by atoms with Crippen molar-refractivity contribution in [2.24, 2.45) is 0 Å². The second kappa shape index (κ2) is 5.04. The first-order valence-corrected chi connectivity index (χ1v) is 5.63. The van der Waals surface area contributed by atoms with Gasteiger partial charge in [0.1, 0.15) is 0 Å². The minimum absolute atomic E-state index is 0.179. The maximum Gasteiger partial charge on any atom is 0.390 e. The molecule has 5 nitrogen and oxygen atoms in total. The summed E-state index contributed by atoms with van der Waals surface area (Å²) in [6.07, 6.45) is -5.28. The van der Waals surface area contributed by atoms with Crippen molar-refractivity contribution in [1.29, 1.82) is 0 Å². The van der Waals surface area contributed by atoms with E-state index in [0.717, 1.165) is 4.68 Å².